The van der Waals surface area contributed by atoms with E-state index >= 15 is 0 Å². The minimum atomic E-state index is 0.451. The molecule has 0 aromatic heterocycles. The fourth-order valence-electron chi connectivity index (χ4n) is 3.13. The first-order chi connectivity index (χ1) is 10.2. The second-order valence-electron chi connectivity index (χ2n) is 5.94. The van der Waals surface area contributed by atoms with Gasteiger partial charge in [-0.05, 0) is 36.5 Å². The van der Waals surface area contributed by atoms with Gasteiger partial charge in [-0.2, -0.15) is 0 Å². The molecule has 0 amide bonds. The third-order valence-electron chi connectivity index (χ3n) is 4.39. The summed E-state index contributed by atoms with van der Waals surface area (Å²) in [6.07, 6.45) is 6.78. The van der Waals surface area contributed by atoms with Crippen LogP contribution in [0.5, 0.6) is 5.75 Å². The zero-order valence-corrected chi connectivity index (χ0v) is 13.9. The summed E-state index contributed by atoms with van der Waals surface area (Å²) in [5.41, 5.74) is 1.34. The summed E-state index contributed by atoms with van der Waals surface area (Å²) in [7, 11) is 1.67. The molecule has 1 aliphatic carbocycles. The van der Waals surface area contributed by atoms with Crippen LogP contribution < -0.4 is 10.1 Å². The van der Waals surface area contributed by atoms with E-state index in [1.54, 1.807) is 7.11 Å². The largest absolute Gasteiger partial charge is 0.495 e. The van der Waals surface area contributed by atoms with Gasteiger partial charge in [-0.15, -0.1) is 0 Å². The van der Waals surface area contributed by atoms with Gasteiger partial charge in [0.2, 0.25) is 0 Å². The Morgan fingerprint density at radius 3 is 2.76 bits per heavy atom. The highest BCUT2D eigenvalue weighted by Gasteiger charge is 2.34. The maximum atomic E-state index is 6.07. The van der Waals surface area contributed by atoms with E-state index in [-0.39, 0.29) is 0 Å². The summed E-state index contributed by atoms with van der Waals surface area (Å²) in [6, 6.07) is 5.59. The SMILES string of the molecule is COc1ccc(Cl)cc1NC1=NCC2(CCCCC2)CS1. The highest BCUT2D eigenvalue weighted by Crippen LogP contribution is 2.42. The van der Waals surface area contributed by atoms with Crippen LogP contribution in [0.2, 0.25) is 5.02 Å². The number of methoxy groups -OCH3 is 1. The quantitative estimate of drug-likeness (QED) is 0.847. The number of ether oxygens (including phenoxy) is 1. The zero-order chi connectivity index (χ0) is 14.7. The number of anilines is 1. The molecule has 5 heteroatoms. The van der Waals surface area contributed by atoms with Crippen LogP contribution in [0.25, 0.3) is 0 Å². The predicted molar refractivity (Wildman–Crippen MR) is 91.9 cm³/mol. The van der Waals surface area contributed by atoms with E-state index in [1.807, 2.05) is 30.0 Å². The van der Waals surface area contributed by atoms with Crippen molar-refractivity contribution in [2.24, 2.45) is 10.4 Å². The lowest BCUT2D eigenvalue weighted by atomic mass is 9.75. The van der Waals surface area contributed by atoms with Crippen LogP contribution in [-0.2, 0) is 0 Å². The molecule has 1 N–H and O–H groups in total. The van der Waals surface area contributed by atoms with Crippen molar-refractivity contribution in [1.82, 2.24) is 0 Å². The molecule has 1 heterocycles. The number of benzene rings is 1. The third-order valence-corrected chi connectivity index (χ3v) is 5.89. The van der Waals surface area contributed by atoms with Crippen molar-refractivity contribution in [3.05, 3.63) is 23.2 Å². The van der Waals surface area contributed by atoms with Gasteiger partial charge in [0.15, 0.2) is 5.17 Å². The highest BCUT2D eigenvalue weighted by molar-refractivity contribution is 8.14. The van der Waals surface area contributed by atoms with E-state index in [0.29, 0.717) is 10.4 Å². The number of hydrogen-bond acceptors (Lipinski definition) is 4. The molecule has 3 rings (SSSR count). The molecule has 0 bridgehead atoms. The van der Waals surface area contributed by atoms with Crippen molar-refractivity contribution in [2.75, 3.05) is 24.7 Å². The Morgan fingerprint density at radius 2 is 2.10 bits per heavy atom. The number of amidine groups is 1. The van der Waals surface area contributed by atoms with Gasteiger partial charge < -0.3 is 10.1 Å². The zero-order valence-electron chi connectivity index (χ0n) is 12.3. The highest BCUT2D eigenvalue weighted by atomic mass is 35.5. The third kappa shape index (κ3) is 3.49. The molecular formula is C16H21ClN2OS. The molecule has 3 nitrogen and oxygen atoms in total. The fourth-order valence-corrected chi connectivity index (χ4v) is 4.46. The minimum absolute atomic E-state index is 0.451. The van der Waals surface area contributed by atoms with E-state index < -0.39 is 0 Å². The Balaban J connectivity index is 1.70. The summed E-state index contributed by atoms with van der Waals surface area (Å²) in [4.78, 5) is 4.78. The van der Waals surface area contributed by atoms with Crippen LogP contribution in [0.4, 0.5) is 5.69 Å². The van der Waals surface area contributed by atoms with Crippen molar-refractivity contribution < 1.29 is 4.74 Å². The minimum Gasteiger partial charge on any atom is -0.495 e. The van der Waals surface area contributed by atoms with Crippen LogP contribution in [0.3, 0.4) is 0 Å². The maximum Gasteiger partial charge on any atom is 0.161 e. The van der Waals surface area contributed by atoms with Crippen LogP contribution >= 0.6 is 23.4 Å². The average molecular weight is 325 g/mol. The lowest BCUT2D eigenvalue weighted by molar-refractivity contribution is 0.232. The molecule has 21 heavy (non-hydrogen) atoms. The Hall–Kier alpha value is -0.870. The lowest BCUT2D eigenvalue weighted by Crippen LogP contribution is -2.35. The summed E-state index contributed by atoms with van der Waals surface area (Å²) in [5.74, 6) is 1.96. The van der Waals surface area contributed by atoms with Crippen molar-refractivity contribution in [3.8, 4) is 5.75 Å². The van der Waals surface area contributed by atoms with Gasteiger partial charge >= 0.3 is 0 Å². The molecule has 2 aliphatic rings. The molecule has 1 spiro atoms. The first kappa shape index (κ1) is 15.0. The molecular weight excluding hydrogens is 304 g/mol. The molecule has 1 aromatic carbocycles. The first-order valence-corrected chi connectivity index (χ1v) is 8.85. The normalized spacial score (nSPS) is 21.0. The van der Waals surface area contributed by atoms with Crippen molar-refractivity contribution in [3.63, 3.8) is 0 Å². The van der Waals surface area contributed by atoms with Gasteiger partial charge in [0.25, 0.3) is 0 Å². The Kier molecular flexibility index (Phi) is 4.65. The second-order valence-corrected chi connectivity index (χ2v) is 7.34. The number of nitrogens with one attached hydrogen (secondary N) is 1. The molecule has 1 saturated carbocycles. The molecule has 1 aliphatic heterocycles. The maximum absolute atomic E-state index is 6.07. The Bertz CT molecular complexity index is 541. The number of nitrogens with zero attached hydrogens (tertiary/aromatic N) is 1. The van der Waals surface area contributed by atoms with Gasteiger partial charge in [-0.3, -0.25) is 4.99 Å². The van der Waals surface area contributed by atoms with Crippen molar-refractivity contribution >= 4 is 34.2 Å². The molecule has 114 valence electrons. The van der Waals surface area contributed by atoms with Gasteiger partial charge in [0.05, 0.1) is 12.8 Å². The predicted octanol–water partition coefficient (Wildman–Crippen LogP) is 4.81. The topological polar surface area (TPSA) is 33.6 Å². The van der Waals surface area contributed by atoms with Gasteiger partial charge in [0.1, 0.15) is 5.75 Å². The van der Waals surface area contributed by atoms with Crippen molar-refractivity contribution in [2.45, 2.75) is 32.1 Å². The number of halogens is 1. The molecule has 1 fully saturated rings. The summed E-state index contributed by atoms with van der Waals surface area (Å²) >= 11 is 7.89. The monoisotopic (exact) mass is 324 g/mol. The van der Waals surface area contributed by atoms with Crippen molar-refractivity contribution in [1.29, 1.82) is 0 Å². The van der Waals surface area contributed by atoms with Crippen LogP contribution in [0.1, 0.15) is 32.1 Å². The number of hydrogen-bond donors (Lipinski definition) is 1. The smallest absolute Gasteiger partial charge is 0.161 e. The molecule has 1 aromatic rings. The Morgan fingerprint density at radius 1 is 1.29 bits per heavy atom. The standard InChI is InChI=1S/C16H21ClN2OS/c1-20-14-6-5-12(17)9-13(14)19-15-18-10-16(11-21-15)7-3-2-4-8-16/h5-6,9H,2-4,7-8,10-11H2,1H3,(H,18,19). The summed E-state index contributed by atoms with van der Waals surface area (Å²) in [6.45, 7) is 0.950. The molecule has 0 saturated heterocycles. The van der Waals surface area contributed by atoms with Gasteiger partial charge in [-0.1, -0.05) is 42.6 Å². The van der Waals surface area contributed by atoms with E-state index in [1.165, 1.54) is 37.9 Å². The number of thioether (sulfide) groups is 1. The van der Waals surface area contributed by atoms with Crippen LogP contribution in [-0.4, -0.2) is 24.6 Å². The van der Waals surface area contributed by atoms with E-state index in [0.717, 1.165) is 23.1 Å². The average Bonchev–Trinajstić information content (AvgIpc) is 2.51. The van der Waals surface area contributed by atoms with Gasteiger partial charge in [-0.25, -0.2) is 0 Å². The molecule has 0 unspecified atom stereocenters. The molecule has 0 atom stereocenters. The first-order valence-electron chi connectivity index (χ1n) is 7.49. The Labute approximate surface area is 135 Å². The fraction of sp³-hybridized carbons (Fsp3) is 0.562. The van der Waals surface area contributed by atoms with Crippen LogP contribution in [0.15, 0.2) is 23.2 Å². The van der Waals surface area contributed by atoms with E-state index in [4.69, 9.17) is 21.3 Å². The molecule has 0 radical (unpaired) electrons. The lowest BCUT2D eigenvalue weighted by Gasteiger charge is -2.38. The number of rotatable bonds is 2. The van der Waals surface area contributed by atoms with Crippen LogP contribution in [0, 0.1) is 5.41 Å². The summed E-state index contributed by atoms with van der Waals surface area (Å²) < 4.78 is 5.37. The van der Waals surface area contributed by atoms with E-state index in [9.17, 15) is 0 Å². The summed E-state index contributed by atoms with van der Waals surface area (Å²) in [5, 5.41) is 5.04. The van der Waals surface area contributed by atoms with Gasteiger partial charge in [0, 0.05) is 17.3 Å². The number of aliphatic imine (C=N–C) groups is 1. The van der Waals surface area contributed by atoms with E-state index in [2.05, 4.69) is 5.32 Å². The second kappa shape index (κ2) is 6.49.